The van der Waals surface area contributed by atoms with Gasteiger partial charge in [0.2, 0.25) is 0 Å². The fourth-order valence-electron chi connectivity index (χ4n) is 1.72. The molecule has 6 nitrogen and oxygen atoms in total. The number of carbonyl (C=O) groups is 1. The molecule has 0 radical (unpaired) electrons. The monoisotopic (exact) mass is 285 g/mol. The number of anilines is 1. The zero-order valence-electron chi connectivity index (χ0n) is 11.4. The molecule has 0 spiro atoms. The van der Waals surface area contributed by atoms with Crippen LogP contribution >= 0.6 is 0 Å². The molecule has 0 saturated carbocycles. The van der Waals surface area contributed by atoms with Crippen LogP contribution in [0.5, 0.6) is 11.5 Å². The molecule has 0 aromatic heterocycles. The van der Waals surface area contributed by atoms with Crippen molar-refractivity contribution in [2.24, 2.45) is 5.10 Å². The van der Waals surface area contributed by atoms with Gasteiger partial charge in [-0.2, -0.15) is 5.10 Å². The number of benzene rings is 2. The maximum Gasteiger partial charge on any atom is 0.273 e. The number of ether oxygens (including phenoxy) is 1. The van der Waals surface area contributed by atoms with Gasteiger partial charge in [-0.25, -0.2) is 5.43 Å². The third kappa shape index (κ3) is 3.50. The van der Waals surface area contributed by atoms with Crippen molar-refractivity contribution in [3.05, 3.63) is 53.6 Å². The lowest BCUT2D eigenvalue weighted by Gasteiger charge is -2.04. The molecule has 2 aromatic carbocycles. The van der Waals surface area contributed by atoms with E-state index in [2.05, 4.69) is 10.5 Å². The second-order valence-electron chi connectivity index (χ2n) is 4.22. The number of amides is 1. The average molecular weight is 285 g/mol. The standard InChI is InChI=1S/C15H15N3O3/c1-21-14-7-6-10(8-13(14)19)9-17-18-15(20)11-4-2-3-5-12(11)16/h2-9,19H,16H2,1H3,(H,18,20)/b17-9+. The lowest BCUT2D eigenvalue weighted by Crippen LogP contribution is -2.18. The number of nitrogen functional groups attached to an aromatic ring is 1. The van der Waals surface area contributed by atoms with E-state index in [0.717, 1.165) is 0 Å². The molecule has 2 aromatic rings. The summed E-state index contributed by atoms with van der Waals surface area (Å²) in [6, 6.07) is 11.5. The van der Waals surface area contributed by atoms with E-state index in [0.29, 0.717) is 22.6 Å². The molecule has 0 aliphatic heterocycles. The SMILES string of the molecule is COc1ccc(/C=N/NC(=O)c2ccccc2N)cc1O. The number of aromatic hydroxyl groups is 1. The molecule has 0 aliphatic rings. The van der Waals surface area contributed by atoms with Crippen LogP contribution in [0.15, 0.2) is 47.6 Å². The largest absolute Gasteiger partial charge is 0.504 e. The van der Waals surface area contributed by atoms with Gasteiger partial charge in [0.05, 0.1) is 18.9 Å². The van der Waals surface area contributed by atoms with Crippen LogP contribution in [0.2, 0.25) is 0 Å². The van der Waals surface area contributed by atoms with Crippen molar-refractivity contribution in [2.45, 2.75) is 0 Å². The van der Waals surface area contributed by atoms with Gasteiger partial charge in [0.15, 0.2) is 11.5 Å². The molecule has 0 unspecified atom stereocenters. The number of methoxy groups -OCH3 is 1. The van der Waals surface area contributed by atoms with Gasteiger partial charge in [-0.1, -0.05) is 12.1 Å². The summed E-state index contributed by atoms with van der Waals surface area (Å²) in [7, 11) is 1.47. The van der Waals surface area contributed by atoms with Crippen LogP contribution in [0.3, 0.4) is 0 Å². The maximum absolute atomic E-state index is 11.8. The minimum atomic E-state index is -0.401. The lowest BCUT2D eigenvalue weighted by molar-refractivity contribution is 0.0956. The van der Waals surface area contributed by atoms with Crippen LogP contribution in [0.1, 0.15) is 15.9 Å². The number of para-hydroxylation sites is 1. The molecule has 0 aliphatic carbocycles. The predicted molar refractivity (Wildman–Crippen MR) is 80.6 cm³/mol. The Kier molecular flexibility index (Phi) is 4.40. The van der Waals surface area contributed by atoms with Gasteiger partial charge < -0.3 is 15.6 Å². The van der Waals surface area contributed by atoms with Crippen LogP contribution in [-0.2, 0) is 0 Å². The number of carbonyl (C=O) groups excluding carboxylic acids is 1. The first-order valence-electron chi connectivity index (χ1n) is 6.16. The van der Waals surface area contributed by atoms with Gasteiger partial charge in [0.25, 0.3) is 5.91 Å². The molecule has 6 heteroatoms. The van der Waals surface area contributed by atoms with E-state index in [4.69, 9.17) is 10.5 Å². The van der Waals surface area contributed by atoms with Crippen LogP contribution in [0.4, 0.5) is 5.69 Å². The quantitative estimate of drug-likeness (QED) is 0.453. The van der Waals surface area contributed by atoms with Gasteiger partial charge in [-0.3, -0.25) is 4.79 Å². The second kappa shape index (κ2) is 6.42. The number of phenolic OH excluding ortho intramolecular Hbond substituents is 1. The molecule has 2 rings (SSSR count). The Hall–Kier alpha value is -3.02. The third-order valence-corrected chi connectivity index (χ3v) is 2.79. The van der Waals surface area contributed by atoms with E-state index in [1.807, 2.05) is 0 Å². The minimum absolute atomic E-state index is 0.0000744. The first-order chi connectivity index (χ1) is 10.1. The molecule has 21 heavy (non-hydrogen) atoms. The number of nitrogens with one attached hydrogen (secondary N) is 1. The molecule has 108 valence electrons. The van der Waals surface area contributed by atoms with Crippen molar-refractivity contribution in [3.63, 3.8) is 0 Å². The number of phenols is 1. The van der Waals surface area contributed by atoms with E-state index >= 15 is 0 Å². The van der Waals surface area contributed by atoms with Crippen molar-refractivity contribution >= 4 is 17.8 Å². The van der Waals surface area contributed by atoms with E-state index in [9.17, 15) is 9.90 Å². The van der Waals surface area contributed by atoms with E-state index in [-0.39, 0.29) is 5.75 Å². The highest BCUT2D eigenvalue weighted by Gasteiger charge is 2.07. The number of hydrogen-bond acceptors (Lipinski definition) is 5. The molecule has 0 atom stereocenters. The highest BCUT2D eigenvalue weighted by molar-refractivity contribution is 5.99. The fraction of sp³-hybridized carbons (Fsp3) is 0.0667. The second-order valence-corrected chi connectivity index (χ2v) is 4.22. The van der Waals surface area contributed by atoms with Crippen molar-refractivity contribution in [1.82, 2.24) is 5.43 Å². The molecule has 0 saturated heterocycles. The summed E-state index contributed by atoms with van der Waals surface area (Å²) in [5, 5.41) is 13.4. The maximum atomic E-state index is 11.8. The smallest absolute Gasteiger partial charge is 0.273 e. The Morgan fingerprint density at radius 3 is 2.76 bits per heavy atom. The third-order valence-electron chi connectivity index (χ3n) is 2.79. The van der Waals surface area contributed by atoms with Gasteiger partial charge in [-0.15, -0.1) is 0 Å². The van der Waals surface area contributed by atoms with Gasteiger partial charge in [-0.05, 0) is 35.9 Å². The molecule has 0 heterocycles. The van der Waals surface area contributed by atoms with Gasteiger partial charge in [0.1, 0.15) is 0 Å². The number of nitrogens with zero attached hydrogens (tertiary/aromatic N) is 1. The van der Waals surface area contributed by atoms with E-state index < -0.39 is 5.91 Å². The number of hydrazone groups is 1. The first-order valence-corrected chi connectivity index (χ1v) is 6.16. The Morgan fingerprint density at radius 2 is 2.10 bits per heavy atom. The summed E-state index contributed by atoms with van der Waals surface area (Å²) in [5.74, 6) is -0.0320. The average Bonchev–Trinajstić information content (AvgIpc) is 2.48. The zero-order valence-corrected chi connectivity index (χ0v) is 11.4. The molecule has 1 amide bonds. The zero-order chi connectivity index (χ0) is 15.2. The van der Waals surface area contributed by atoms with E-state index in [1.54, 1.807) is 36.4 Å². The fourth-order valence-corrected chi connectivity index (χ4v) is 1.72. The van der Waals surface area contributed by atoms with Gasteiger partial charge in [0, 0.05) is 5.69 Å². The summed E-state index contributed by atoms with van der Waals surface area (Å²) in [4.78, 5) is 11.8. The summed E-state index contributed by atoms with van der Waals surface area (Å²) < 4.78 is 4.94. The highest BCUT2D eigenvalue weighted by atomic mass is 16.5. The molecule has 4 N–H and O–H groups in total. The minimum Gasteiger partial charge on any atom is -0.504 e. The van der Waals surface area contributed by atoms with Crippen LogP contribution in [0.25, 0.3) is 0 Å². The van der Waals surface area contributed by atoms with Crippen LogP contribution < -0.4 is 15.9 Å². The van der Waals surface area contributed by atoms with Crippen LogP contribution in [-0.4, -0.2) is 24.3 Å². The Balaban J connectivity index is 2.04. The summed E-state index contributed by atoms with van der Waals surface area (Å²) in [6.07, 6.45) is 1.41. The number of rotatable bonds is 4. The van der Waals surface area contributed by atoms with Crippen molar-refractivity contribution in [1.29, 1.82) is 0 Å². The lowest BCUT2D eigenvalue weighted by atomic mass is 10.2. The molecular formula is C15H15N3O3. The normalized spacial score (nSPS) is 10.5. The molecular weight excluding hydrogens is 270 g/mol. The molecule has 0 bridgehead atoms. The topological polar surface area (TPSA) is 96.9 Å². The Morgan fingerprint density at radius 1 is 1.33 bits per heavy atom. The van der Waals surface area contributed by atoms with Gasteiger partial charge >= 0.3 is 0 Å². The highest BCUT2D eigenvalue weighted by Crippen LogP contribution is 2.25. The first kappa shape index (κ1) is 14.4. The predicted octanol–water partition coefficient (Wildman–Crippen LogP) is 1.75. The van der Waals surface area contributed by atoms with Crippen molar-refractivity contribution in [2.75, 3.05) is 12.8 Å². The summed E-state index contributed by atoms with van der Waals surface area (Å²) in [5.41, 5.74) is 9.43. The van der Waals surface area contributed by atoms with E-state index in [1.165, 1.54) is 19.4 Å². The Bertz CT molecular complexity index is 684. The molecule has 0 fully saturated rings. The van der Waals surface area contributed by atoms with Crippen LogP contribution in [0, 0.1) is 0 Å². The summed E-state index contributed by atoms with van der Waals surface area (Å²) >= 11 is 0. The number of nitrogens with two attached hydrogens (primary N) is 1. The van der Waals surface area contributed by atoms with Crippen molar-refractivity contribution in [3.8, 4) is 11.5 Å². The summed E-state index contributed by atoms with van der Waals surface area (Å²) in [6.45, 7) is 0. The Labute approximate surface area is 121 Å². The number of hydrogen-bond donors (Lipinski definition) is 3. The van der Waals surface area contributed by atoms with Crippen molar-refractivity contribution < 1.29 is 14.6 Å².